The van der Waals surface area contributed by atoms with Gasteiger partial charge in [0.1, 0.15) is 5.01 Å². The number of hydrogen-bond donors (Lipinski definition) is 0. The molecule has 2 aromatic rings. The molecule has 6 heteroatoms. The summed E-state index contributed by atoms with van der Waals surface area (Å²) in [5, 5.41) is 10.5. The van der Waals surface area contributed by atoms with Gasteiger partial charge < -0.3 is 14.4 Å². The highest BCUT2D eigenvalue weighted by atomic mass is 32.1. The Morgan fingerprint density at radius 1 is 1.09 bits per heavy atom. The van der Waals surface area contributed by atoms with Crippen molar-refractivity contribution in [1.82, 2.24) is 10.2 Å². The Kier molecular flexibility index (Phi) is 4.90. The first-order chi connectivity index (χ1) is 10.3. The van der Waals surface area contributed by atoms with Crippen LogP contribution in [0.2, 0.25) is 0 Å². The van der Waals surface area contributed by atoms with Gasteiger partial charge in [0.2, 0.25) is 5.13 Å². The lowest BCUT2D eigenvalue weighted by molar-refractivity contribution is 0.354. The Morgan fingerprint density at radius 2 is 1.77 bits per heavy atom. The number of ether oxygens (including phenoxy) is 2. The highest BCUT2D eigenvalue weighted by Gasteiger charge is 2.20. The molecule has 0 aliphatic heterocycles. The molecule has 0 amide bonds. The predicted molar refractivity (Wildman–Crippen MR) is 90.3 cm³/mol. The van der Waals surface area contributed by atoms with Crippen LogP contribution >= 0.6 is 11.3 Å². The lowest BCUT2D eigenvalue weighted by Gasteiger charge is -2.17. The number of benzene rings is 1. The van der Waals surface area contributed by atoms with Crippen LogP contribution in [0.15, 0.2) is 18.2 Å². The summed E-state index contributed by atoms with van der Waals surface area (Å²) < 4.78 is 10.6. The van der Waals surface area contributed by atoms with Gasteiger partial charge in [0, 0.05) is 19.0 Å². The summed E-state index contributed by atoms with van der Waals surface area (Å²) in [6, 6.07) is 5.94. The first kappa shape index (κ1) is 16.5. The van der Waals surface area contributed by atoms with Gasteiger partial charge in [-0.05, 0) is 17.7 Å². The van der Waals surface area contributed by atoms with Crippen molar-refractivity contribution in [3.63, 3.8) is 0 Å². The molecule has 0 spiro atoms. The zero-order valence-corrected chi connectivity index (χ0v) is 14.8. The topological polar surface area (TPSA) is 47.5 Å². The van der Waals surface area contributed by atoms with Crippen molar-refractivity contribution in [3.8, 4) is 11.5 Å². The van der Waals surface area contributed by atoms with Crippen molar-refractivity contribution in [2.45, 2.75) is 32.7 Å². The molecule has 0 N–H and O–H groups in total. The smallest absolute Gasteiger partial charge is 0.208 e. The Balaban J connectivity index is 2.15. The monoisotopic (exact) mass is 321 g/mol. The second-order valence-electron chi connectivity index (χ2n) is 6.19. The molecular weight excluding hydrogens is 298 g/mol. The molecule has 1 heterocycles. The molecule has 0 saturated heterocycles. The third-order valence-electron chi connectivity index (χ3n) is 3.25. The molecule has 0 bridgehead atoms. The minimum Gasteiger partial charge on any atom is -0.493 e. The van der Waals surface area contributed by atoms with E-state index in [1.54, 1.807) is 25.6 Å². The fraction of sp³-hybridized carbons (Fsp3) is 0.500. The van der Waals surface area contributed by atoms with Crippen LogP contribution in [0, 0.1) is 0 Å². The normalized spacial score (nSPS) is 11.4. The number of nitrogens with zero attached hydrogens (tertiary/aromatic N) is 3. The summed E-state index contributed by atoms with van der Waals surface area (Å²) in [7, 11) is 5.30. The average Bonchev–Trinajstić information content (AvgIpc) is 2.97. The quantitative estimate of drug-likeness (QED) is 0.843. The standard InChI is InChI=1S/C16H23N3O2S/c1-16(2,3)14-17-18-15(22-14)19(4)10-11-7-8-12(20-5)13(9-11)21-6/h7-9H,10H2,1-6H3. The van der Waals surface area contributed by atoms with Crippen LogP contribution in [-0.2, 0) is 12.0 Å². The Hall–Kier alpha value is -1.82. The van der Waals surface area contributed by atoms with E-state index in [9.17, 15) is 0 Å². The maximum Gasteiger partial charge on any atom is 0.208 e. The van der Waals surface area contributed by atoms with Gasteiger partial charge in [-0.15, -0.1) is 10.2 Å². The third kappa shape index (κ3) is 3.68. The van der Waals surface area contributed by atoms with Gasteiger partial charge in [-0.25, -0.2) is 0 Å². The molecular formula is C16H23N3O2S. The summed E-state index contributed by atoms with van der Waals surface area (Å²) in [5.74, 6) is 1.47. The fourth-order valence-electron chi connectivity index (χ4n) is 1.99. The average molecular weight is 321 g/mol. The Labute approximate surface area is 135 Å². The van der Waals surface area contributed by atoms with Crippen LogP contribution in [0.1, 0.15) is 31.3 Å². The summed E-state index contributed by atoms with van der Waals surface area (Å²) in [6.07, 6.45) is 0. The first-order valence-electron chi connectivity index (χ1n) is 7.11. The van der Waals surface area contributed by atoms with Crippen molar-refractivity contribution >= 4 is 16.5 Å². The molecule has 0 unspecified atom stereocenters. The molecule has 1 aromatic heterocycles. The van der Waals surface area contributed by atoms with Crippen molar-refractivity contribution < 1.29 is 9.47 Å². The number of methoxy groups -OCH3 is 2. The van der Waals surface area contributed by atoms with E-state index >= 15 is 0 Å². The lowest BCUT2D eigenvalue weighted by atomic mass is 9.98. The van der Waals surface area contributed by atoms with Crippen LogP contribution in [0.4, 0.5) is 5.13 Å². The Morgan fingerprint density at radius 3 is 2.32 bits per heavy atom. The second kappa shape index (κ2) is 6.52. The van der Waals surface area contributed by atoms with Gasteiger partial charge in [-0.3, -0.25) is 0 Å². The van der Waals surface area contributed by atoms with Crippen LogP contribution in [-0.4, -0.2) is 31.5 Å². The van der Waals surface area contributed by atoms with E-state index in [-0.39, 0.29) is 5.41 Å². The molecule has 0 radical (unpaired) electrons. The summed E-state index contributed by atoms with van der Waals surface area (Å²) >= 11 is 1.63. The van der Waals surface area contributed by atoms with E-state index in [1.165, 1.54) is 0 Å². The highest BCUT2D eigenvalue weighted by Crippen LogP contribution is 2.31. The van der Waals surface area contributed by atoms with Crippen molar-refractivity contribution in [1.29, 1.82) is 0 Å². The third-order valence-corrected chi connectivity index (χ3v) is 4.71. The number of anilines is 1. The van der Waals surface area contributed by atoms with Crippen LogP contribution in [0.3, 0.4) is 0 Å². The van der Waals surface area contributed by atoms with E-state index < -0.39 is 0 Å². The van der Waals surface area contributed by atoms with Crippen molar-refractivity contribution in [2.24, 2.45) is 0 Å². The van der Waals surface area contributed by atoms with Crippen molar-refractivity contribution in [3.05, 3.63) is 28.8 Å². The lowest BCUT2D eigenvalue weighted by Crippen LogP contribution is -2.16. The van der Waals surface area contributed by atoms with Crippen LogP contribution in [0.25, 0.3) is 0 Å². The minimum absolute atomic E-state index is 0.0279. The van der Waals surface area contributed by atoms with E-state index in [4.69, 9.17) is 9.47 Å². The van der Waals surface area contributed by atoms with Crippen molar-refractivity contribution in [2.75, 3.05) is 26.2 Å². The number of hydrogen-bond acceptors (Lipinski definition) is 6. The van der Waals surface area contributed by atoms with E-state index in [1.807, 2.05) is 25.2 Å². The number of aromatic nitrogens is 2. The SMILES string of the molecule is COc1ccc(CN(C)c2nnc(C(C)(C)C)s2)cc1OC. The highest BCUT2D eigenvalue weighted by molar-refractivity contribution is 7.15. The van der Waals surface area contributed by atoms with Gasteiger partial charge in [0.25, 0.3) is 0 Å². The molecule has 2 rings (SSSR count). The fourth-order valence-corrected chi connectivity index (χ4v) is 2.86. The zero-order chi connectivity index (χ0) is 16.3. The van der Waals surface area contributed by atoms with Crippen LogP contribution in [0.5, 0.6) is 11.5 Å². The molecule has 1 aromatic carbocycles. The summed E-state index contributed by atoms with van der Waals surface area (Å²) in [5.41, 5.74) is 1.16. The molecule has 0 fully saturated rings. The number of rotatable bonds is 5. The minimum atomic E-state index is 0.0279. The molecule has 0 aliphatic rings. The van der Waals surface area contributed by atoms with E-state index in [0.29, 0.717) is 0 Å². The van der Waals surface area contributed by atoms with Gasteiger partial charge in [-0.1, -0.05) is 38.2 Å². The van der Waals surface area contributed by atoms with Gasteiger partial charge in [0.05, 0.1) is 14.2 Å². The molecule has 0 saturated carbocycles. The summed E-state index contributed by atoms with van der Waals surface area (Å²) in [4.78, 5) is 2.09. The van der Waals surface area contributed by atoms with Gasteiger partial charge >= 0.3 is 0 Å². The maximum atomic E-state index is 5.34. The first-order valence-corrected chi connectivity index (χ1v) is 7.93. The van der Waals surface area contributed by atoms with Gasteiger partial charge in [-0.2, -0.15) is 0 Å². The molecule has 5 nitrogen and oxygen atoms in total. The molecule has 22 heavy (non-hydrogen) atoms. The van der Waals surface area contributed by atoms with Gasteiger partial charge in [0.15, 0.2) is 11.5 Å². The second-order valence-corrected chi connectivity index (χ2v) is 7.14. The molecule has 120 valence electrons. The predicted octanol–water partition coefficient (Wildman–Crippen LogP) is 3.49. The molecule has 0 atom stereocenters. The molecule has 0 aliphatic carbocycles. The van der Waals surface area contributed by atoms with E-state index in [0.717, 1.165) is 33.7 Å². The Bertz CT molecular complexity index is 635. The summed E-state index contributed by atoms with van der Waals surface area (Å²) in [6.45, 7) is 7.17. The largest absolute Gasteiger partial charge is 0.493 e. The van der Waals surface area contributed by atoms with E-state index in [2.05, 4.69) is 35.9 Å². The van der Waals surface area contributed by atoms with Crippen LogP contribution < -0.4 is 14.4 Å². The zero-order valence-electron chi connectivity index (χ0n) is 14.0. The maximum absolute atomic E-state index is 5.34.